The second kappa shape index (κ2) is 8.58. The highest BCUT2D eigenvalue weighted by molar-refractivity contribution is 5.91. The molecule has 0 aliphatic rings. The van der Waals surface area contributed by atoms with Crippen LogP contribution in [0.15, 0.2) is 55.3 Å². The molecule has 0 saturated heterocycles. The Morgan fingerprint density at radius 2 is 1.70 bits per heavy atom. The fourth-order valence-corrected chi connectivity index (χ4v) is 1.37. The zero-order valence-electron chi connectivity index (χ0n) is 11.5. The van der Waals surface area contributed by atoms with Crippen molar-refractivity contribution in [3.05, 3.63) is 60.9 Å². The minimum Gasteiger partial charge on any atom is -0.497 e. The average molecular weight is 274 g/mol. The molecule has 20 heavy (non-hydrogen) atoms. The predicted molar refractivity (Wildman–Crippen MR) is 78.3 cm³/mol. The Morgan fingerprint density at radius 3 is 2.25 bits per heavy atom. The van der Waals surface area contributed by atoms with Crippen LogP contribution in [0.25, 0.3) is 6.08 Å². The van der Waals surface area contributed by atoms with Gasteiger partial charge in [0.1, 0.15) is 19.0 Å². The third-order valence-corrected chi connectivity index (χ3v) is 2.30. The van der Waals surface area contributed by atoms with Crippen molar-refractivity contribution in [2.45, 2.75) is 0 Å². The predicted octanol–water partition coefficient (Wildman–Crippen LogP) is 2.97. The zero-order chi connectivity index (χ0) is 14.8. The summed E-state index contributed by atoms with van der Waals surface area (Å²) < 4.78 is 15.3. The number of esters is 1. The molecule has 0 fully saturated rings. The average Bonchev–Trinajstić information content (AvgIpc) is 2.49. The van der Waals surface area contributed by atoms with Crippen molar-refractivity contribution >= 4 is 12.0 Å². The Kier molecular flexibility index (Phi) is 6.68. The van der Waals surface area contributed by atoms with Gasteiger partial charge in [0, 0.05) is 0 Å². The van der Waals surface area contributed by atoms with Gasteiger partial charge in [-0.25, -0.2) is 4.79 Å². The summed E-state index contributed by atoms with van der Waals surface area (Å²) >= 11 is 0. The smallest absolute Gasteiger partial charge is 0.373 e. The van der Waals surface area contributed by atoms with E-state index >= 15 is 0 Å². The van der Waals surface area contributed by atoms with Gasteiger partial charge in [-0.05, 0) is 23.8 Å². The first-order valence-corrected chi connectivity index (χ1v) is 6.08. The molecule has 1 aromatic carbocycles. The lowest BCUT2D eigenvalue weighted by molar-refractivity contribution is -0.141. The number of rotatable bonds is 8. The number of carbonyl (C=O) groups is 1. The zero-order valence-corrected chi connectivity index (χ0v) is 11.5. The van der Waals surface area contributed by atoms with E-state index in [0.717, 1.165) is 11.3 Å². The lowest BCUT2D eigenvalue weighted by atomic mass is 10.2. The SMILES string of the molecule is C=CCOC(=O)/C(=C/c1ccc(OC)cc1)OCC=C. The van der Waals surface area contributed by atoms with Crippen LogP contribution >= 0.6 is 0 Å². The lowest BCUT2D eigenvalue weighted by Gasteiger charge is -2.08. The Morgan fingerprint density at radius 1 is 1.10 bits per heavy atom. The fourth-order valence-electron chi connectivity index (χ4n) is 1.37. The van der Waals surface area contributed by atoms with E-state index in [0.29, 0.717) is 0 Å². The van der Waals surface area contributed by atoms with Gasteiger partial charge in [0.05, 0.1) is 7.11 Å². The summed E-state index contributed by atoms with van der Waals surface area (Å²) in [5.74, 6) is 0.324. The molecule has 0 heterocycles. The number of ether oxygens (including phenoxy) is 3. The number of carbonyl (C=O) groups excluding carboxylic acids is 1. The van der Waals surface area contributed by atoms with Crippen LogP contribution < -0.4 is 4.74 Å². The minimum absolute atomic E-state index is 0.122. The second-order valence-corrected chi connectivity index (χ2v) is 3.77. The van der Waals surface area contributed by atoms with Crippen molar-refractivity contribution in [1.29, 1.82) is 0 Å². The Hall–Kier alpha value is -2.49. The first-order valence-electron chi connectivity index (χ1n) is 6.08. The summed E-state index contributed by atoms with van der Waals surface area (Å²) in [5.41, 5.74) is 0.806. The summed E-state index contributed by atoms with van der Waals surface area (Å²) in [4.78, 5) is 11.8. The van der Waals surface area contributed by atoms with Crippen LogP contribution in [0.5, 0.6) is 5.75 Å². The number of methoxy groups -OCH3 is 1. The quantitative estimate of drug-likeness (QED) is 0.316. The second-order valence-electron chi connectivity index (χ2n) is 3.77. The van der Waals surface area contributed by atoms with Crippen molar-refractivity contribution in [3.63, 3.8) is 0 Å². The molecule has 0 saturated carbocycles. The summed E-state index contributed by atoms with van der Waals surface area (Å²) in [6.45, 7) is 7.40. The molecule has 0 N–H and O–H groups in total. The molecule has 0 aliphatic carbocycles. The highest BCUT2D eigenvalue weighted by Gasteiger charge is 2.12. The van der Waals surface area contributed by atoms with Gasteiger partial charge in [0.2, 0.25) is 5.76 Å². The monoisotopic (exact) mass is 274 g/mol. The van der Waals surface area contributed by atoms with E-state index in [1.165, 1.54) is 6.08 Å². The van der Waals surface area contributed by atoms with Crippen molar-refractivity contribution in [2.24, 2.45) is 0 Å². The van der Waals surface area contributed by atoms with Gasteiger partial charge in [-0.1, -0.05) is 37.4 Å². The van der Waals surface area contributed by atoms with Crippen LogP contribution in [0.4, 0.5) is 0 Å². The van der Waals surface area contributed by atoms with E-state index in [4.69, 9.17) is 14.2 Å². The van der Waals surface area contributed by atoms with Crippen LogP contribution in [0.3, 0.4) is 0 Å². The molecule has 4 nitrogen and oxygen atoms in total. The van der Waals surface area contributed by atoms with Crippen LogP contribution in [-0.4, -0.2) is 26.3 Å². The van der Waals surface area contributed by atoms with Crippen LogP contribution in [0.2, 0.25) is 0 Å². The first kappa shape index (κ1) is 15.6. The van der Waals surface area contributed by atoms with Crippen molar-refractivity contribution < 1.29 is 19.0 Å². The highest BCUT2D eigenvalue weighted by Crippen LogP contribution is 2.15. The molecular formula is C16H18O4. The first-order chi connectivity index (χ1) is 9.71. The minimum atomic E-state index is -0.539. The van der Waals surface area contributed by atoms with E-state index in [9.17, 15) is 4.79 Å². The van der Waals surface area contributed by atoms with E-state index < -0.39 is 5.97 Å². The molecule has 0 spiro atoms. The highest BCUT2D eigenvalue weighted by atomic mass is 16.6. The van der Waals surface area contributed by atoms with Gasteiger partial charge in [-0.15, -0.1) is 0 Å². The third kappa shape index (κ3) is 5.02. The number of hydrogen-bond acceptors (Lipinski definition) is 4. The van der Waals surface area contributed by atoms with E-state index in [-0.39, 0.29) is 19.0 Å². The Bertz CT molecular complexity index is 486. The van der Waals surface area contributed by atoms with E-state index in [1.807, 2.05) is 12.1 Å². The normalized spacial score (nSPS) is 10.6. The molecule has 0 bridgehead atoms. The maximum atomic E-state index is 11.8. The third-order valence-electron chi connectivity index (χ3n) is 2.30. The molecule has 0 atom stereocenters. The summed E-state index contributed by atoms with van der Waals surface area (Å²) in [6.07, 6.45) is 4.66. The Labute approximate surface area is 119 Å². The topological polar surface area (TPSA) is 44.8 Å². The molecule has 1 aromatic rings. The molecule has 0 amide bonds. The molecule has 0 unspecified atom stereocenters. The fraction of sp³-hybridized carbons (Fsp3) is 0.188. The summed E-state index contributed by atoms with van der Waals surface area (Å²) in [6, 6.07) is 7.23. The standard InChI is InChI=1S/C16H18O4/c1-4-10-19-15(16(17)20-11-5-2)12-13-6-8-14(18-3)9-7-13/h4-9,12H,1-2,10-11H2,3H3/b15-12-. The van der Waals surface area contributed by atoms with Gasteiger partial charge in [-0.3, -0.25) is 0 Å². The van der Waals surface area contributed by atoms with Crippen LogP contribution in [0, 0.1) is 0 Å². The summed E-state index contributed by atoms with van der Waals surface area (Å²) in [7, 11) is 1.59. The molecule has 106 valence electrons. The van der Waals surface area contributed by atoms with Crippen LogP contribution in [-0.2, 0) is 14.3 Å². The van der Waals surface area contributed by atoms with Gasteiger partial charge in [0.25, 0.3) is 0 Å². The van der Waals surface area contributed by atoms with Gasteiger partial charge in [0.15, 0.2) is 0 Å². The van der Waals surface area contributed by atoms with E-state index in [1.54, 1.807) is 31.4 Å². The lowest BCUT2D eigenvalue weighted by Crippen LogP contribution is -2.11. The van der Waals surface area contributed by atoms with Crippen molar-refractivity contribution in [3.8, 4) is 5.75 Å². The maximum Gasteiger partial charge on any atom is 0.373 e. The molecule has 0 aromatic heterocycles. The maximum absolute atomic E-state index is 11.8. The number of benzene rings is 1. The van der Waals surface area contributed by atoms with Gasteiger partial charge in [-0.2, -0.15) is 0 Å². The number of hydrogen-bond donors (Lipinski definition) is 0. The molecular weight excluding hydrogens is 256 g/mol. The van der Waals surface area contributed by atoms with Crippen molar-refractivity contribution in [2.75, 3.05) is 20.3 Å². The largest absolute Gasteiger partial charge is 0.497 e. The Balaban J connectivity index is 2.88. The van der Waals surface area contributed by atoms with E-state index in [2.05, 4.69) is 13.2 Å². The molecule has 0 aliphatic heterocycles. The molecule has 1 rings (SSSR count). The van der Waals surface area contributed by atoms with Crippen LogP contribution in [0.1, 0.15) is 5.56 Å². The molecule has 4 heteroatoms. The van der Waals surface area contributed by atoms with Gasteiger partial charge >= 0.3 is 5.97 Å². The summed E-state index contributed by atoms with van der Waals surface area (Å²) in [5, 5.41) is 0. The molecule has 0 radical (unpaired) electrons. The van der Waals surface area contributed by atoms with Gasteiger partial charge < -0.3 is 14.2 Å². The van der Waals surface area contributed by atoms with Crippen molar-refractivity contribution in [1.82, 2.24) is 0 Å².